The van der Waals surface area contributed by atoms with E-state index in [1.54, 1.807) is 0 Å². The summed E-state index contributed by atoms with van der Waals surface area (Å²) in [7, 11) is 0. The summed E-state index contributed by atoms with van der Waals surface area (Å²) >= 11 is 8.19. The Balaban J connectivity index is 2.15. The van der Waals surface area contributed by atoms with Crippen molar-refractivity contribution in [1.29, 1.82) is 0 Å². The molecule has 2 aromatic carbocycles. The molecule has 94 valence electrons. The largest absolute Gasteiger partial charge is 0.427 e. The molecule has 0 saturated carbocycles. The van der Waals surface area contributed by atoms with Gasteiger partial charge in [0.1, 0.15) is 5.69 Å². The van der Waals surface area contributed by atoms with Crippen molar-refractivity contribution in [2.75, 3.05) is 0 Å². The van der Waals surface area contributed by atoms with Crippen molar-refractivity contribution in [2.24, 2.45) is 0 Å². The molecule has 4 heteroatoms. The minimum Gasteiger partial charge on any atom is -0.427 e. The number of halogens is 2. The first-order valence-corrected chi connectivity index (χ1v) is 7.17. The van der Waals surface area contributed by atoms with Gasteiger partial charge in [0.15, 0.2) is 5.76 Å². The SMILES string of the molecule is Clc1nc(-c2ccccc2)c(-c2ccc(I)cc2)o1. The van der Waals surface area contributed by atoms with Gasteiger partial charge in [0.2, 0.25) is 0 Å². The predicted octanol–water partition coefficient (Wildman–Crippen LogP) is 5.27. The number of benzene rings is 2. The highest BCUT2D eigenvalue weighted by atomic mass is 127. The highest BCUT2D eigenvalue weighted by Gasteiger charge is 2.15. The van der Waals surface area contributed by atoms with Crippen LogP contribution >= 0.6 is 34.2 Å². The van der Waals surface area contributed by atoms with Crippen LogP contribution in [0, 0.1) is 3.57 Å². The molecule has 0 fully saturated rings. The van der Waals surface area contributed by atoms with Gasteiger partial charge in [-0.1, -0.05) is 42.5 Å². The van der Waals surface area contributed by atoms with Crippen molar-refractivity contribution in [1.82, 2.24) is 4.98 Å². The van der Waals surface area contributed by atoms with Gasteiger partial charge in [0.25, 0.3) is 5.35 Å². The first-order chi connectivity index (χ1) is 9.24. The normalized spacial score (nSPS) is 10.6. The summed E-state index contributed by atoms with van der Waals surface area (Å²) in [5.41, 5.74) is 2.73. The molecule has 19 heavy (non-hydrogen) atoms. The van der Waals surface area contributed by atoms with Gasteiger partial charge in [0, 0.05) is 14.7 Å². The third-order valence-corrected chi connectivity index (χ3v) is 3.64. The molecule has 0 radical (unpaired) electrons. The molecule has 0 bridgehead atoms. The van der Waals surface area contributed by atoms with Crippen LogP contribution in [0.4, 0.5) is 0 Å². The lowest BCUT2D eigenvalue weighted by Gasteiger charge is -2.01. The predicted molar refractivity (Wildman–Crippen MR) is 85.1 cm³/mol. The molecule has 0 atom stereocenters. The average molecular weight is 382 g/mol. The van der Waals surface area contributed by atoms with Gasteiger partial charge < -0.3 is 4.42 Å². The van der Waals surface area contributed by atoms with E-state index >= 15 is 0 Å². The molecule has 0 aliphatic carbocycles. The van der Waals surface area contributed by atoms with Crippen LogP contribution in [0.1, 0.15) is 0 Å². The number of nitrogens with zero attached hydrogens (tertiary/aromatic N) is 1. The lowest BCUT2D eigenvalue weighted by atomic mass is 10.1. The fourth-order valence-corrected chi connectivity index (χ4v) is 2.40. The van der Waals surface area contributed by atoms with E-state index in [4.69, 9.17) is 16.0 Å². The number of hydrogen-bond donors (Lipinski definition) is 0. The molecular weight excluding hydrogens is 373 g/mol. The van der Waals surface area contributed by atoms with Crippen molar-refractivity contribution >= 4 is 34.2 Å². The van der Waals surface area contributed by atoms with Crippen LogP contribution in [0.3, 0.4) is 0 Å². The molecule has 2 nitrogen and oxygen atoms in total. The minimum absolute atomic E-state index is 0.160. The molecule has 3 rings (SSSR count). The number of oxazole rings is 1. The van der Waals surface area contributed by atoms with Gasteiger partial charge >= 0.3 is 0 Å². The molecule has 1 heterocycles. The molecular formula is C15H9ClINO. The zero-order valence-corrected chi connectivity index (χ0v) is 12.7. The first-order valence-electron chi connectivity index (χ1n) is 5.72. The average Bonchev–Trinajstić information content (AvgIpc) is 2.83. The zero-order valence-electron chi connectivity index (χ0n) is 9.81. The van der Waals surface area contributed by atoms with E-state index < -0.39 is 0 Å². The van der Waals surface area contributed by atoms with E-state index in [0.29, 0.717) is 5.76 Å². The Morgan fingerprint density at radius 2 is 1.58 bits per heavy atom. The number of rotatable bonds is 2. The lowest BCUT2D eigenvalue weighted by Crippen LogP contribution is -1.82. The van der Waals surface area contributed by atoms with Crippen molar-refractivity contribution in [2.45, 2.75) is 0 Å². The van der Waals surface area contributed by atoms with Crippen LogP contribution in [0.2, 0.25) is 5.35 Å². The van der Waals surface area contributed by atoms with Crippen LogP contribution in [-0.2, 0) is 0 Å². The molecule has 0 saturated heterocycles. The van der Waals surface area contributed by atoms with E-state index in [1.807, 2.05) is 54.6 Å². The van der Waals surface area contributed by atoms with Gasteiger partial charge in [-0.3, -0.25) is 0 Å². The van der Waals surface area contributed by atoms with Crippen LogP contribution in [0.15, 0.2) is 59.0 Å². The van der Waals surface area contributed by atoms with Crippen molar-refractivity contribution in [3.63, 3.8) is 0 Å². The summed E-state index contributed by atoms with van der Waals surface area (Å²) in [6, 6.07) is 18.0. The van der Waals surface area contributed by atoms with Gasteiger partial charge in [0.05, 0.1) is 0 Å². The fraction of sp³-hybridized carbons (Fsp3) is 0. The monoisotopic (exact) mass is 381 g/mol. The number of hydrogen-bond acceptors (Lipinski definition) is 2. The van der Waals surface area contributed by atoms with Gasteiger partial charge in [-0.25, -0.2) is 0 Å². The van der Waals surface area contributed by atoms with Crippen molar-refractivity contribution < 1.29 is 4.42 Å². The van der Waals surface area contributed by atoms with Gasteiger partial charge in [-0.15, -0.1) is 0 Å². The molecule has 0 amide bonds. The topological polar surface area (TPSA) is 26.0 Å². The van der Waals surface area contributed by atoms with E-state index in [2.05, 4.69) is 27.6 Å². The second kappa shape index (κ2) is 5.35. The fourth-order valence-electron chi connectivity index (χ4n) is 1.88. The zero-order chi connectivity index (χ0) is 13.2. The van der Waals surface area contributed by atoms with Crippen LogP contribution in [0.5, 0.6) is 0 Å². The van der Waals surface area contributed by atoms with Crippen LogP contribution in [0.25, 0.3) is 22.6 Å². The minimum atomic E-state index is 0.160. The van der Waals surface area contributed by atoms with E-state index in [-0.39, 0.29) is 5.35 Å². The maximum Gasteiger partial charge on any atom is 0.293 e. The number of aromatic nitrogens is 1. The summed E-state index contributed by atoms with van der Waals surface area (Å²) in [6.45, 7) is 0. The highest BCUT2D eigenvalue weighted by Crippen LogP contribution is 2.34. The molecule has 0 unspecified atom stereocenters. The second-order valence-corrected chi connectivity index (χ2v) is 5.59. The highest BCUT2D eigenvalue weighted by molar-refractivity contribution is 14.1. The van der Waals surface area contributed by atoms with E-state index in [0.717, 1.165) is 16.8 Å². The van der Waals surface area contributed by atoms with Crippen LogP contribution in [-0.4, -0.2) is 4.98 Å². The summed E-state index contributed by atoms with van der Waals surface area (Å²) in [4.78, 5) is 4.28. The van der Waals surface area contributed by atoms with E-state index in [1.165, 1.54) is 3.57 Å². The third kappa shape index (κ3) is 2.67. The van der Waals surface area contributed by atoms with E-state index in [9.17, 15) is 0 Å². The van der Waals surface area contributed by atoms with Crippen molar-refractivity contribution in [3.05, 3.63) is 63.5 Å². The maximum absolute atomic E-state index is 5.92. The third-order valence-electron chi connectivity index (χ3n) is 2.75. The first kappa shape index (κ1) is 12.7. The van der Waals surface area contributed by atoms with Crippen molar-refractivity contribution in [3.8, 4) is 22.6 Å². The molecule has 0 aliphatic rings. The lowest BCUT2D eigenvalue weighted by molar-refractivity contribution is 0.574. The Hall–Kier alpha value is -1.33. The standard InChI is InChI=1S/C15H9ClINO/c16-15-18-13(10-4-2-1-3-5-10)14(19-15)11-6-8-12(17)9-7-11/h1-9H. The van der Waals surface area contributed by atoms with Crippen LogP contribution < -0.4 is 0 Å². The Bertz CT molecular complexity index is 692. The quantitative estimate of drug-likeness (QED) is 0.565. The van der Waals surface area contributed by atoms with Gasteiger partial charge in [-0.05, 0) is 46.3 Å². The van der Waals surface area contributed by atoms with Gasteiger partial charge in [-0.2, -0.15) is 4.98 Å². The molecule has 0 aliphatic heterocycles. The molecule has 0 N–H and O–H groups in total. The summed E-state index contributed by atoms with van der Waals surface area (Å²) in [5.74, 6) is 0.701. The Morgan fingerprint density at radius 1 is 0.895 bits per heavy atom. The smallest absolute Gasteiger partial charge is 0.293 e. The Kier molecular flexibility index (Phi) is 3.57. The molecule has 1 aromatic heterocycles. The molecule has 3 aromatic rings. The Morgan fingerprint density at radius 3 is 2.26 bits per heavy atom. The second-order valence-electron chi connectivity index (χ2n) is 4.02. The molecule has 0 spiro atoms. The maximum atomic E-state index is 5.92. The summed E-state index contributed by atoms with van der Waals surface area (Å²) in [5, 5.41) is 0.160. The summed E-state index contributed by atoms with van der Waals surface area (Å²) in [6.07, 6.45) is 0. The summed E-state index contributed by atoms with van der Waals surface area (Å²) < 4.78 is 6.72. The Labute approximate surface area is 129 Å².